The van der Waals surface area contributed by atoms with Gasteiger partial charge in [-0.3, -0.25) is 9.58 Å². The van der Waals surface area contributed by atoms with Gasteiger partial charge in [0.2, 0.25) is 10.0 Å². The highest BCUT2D eigenvalue weighted by Gasteiger charge is 2.36. The maximum Gasteiger partial charge on any atom is 0.243 e. The van der Waals surface area contributed by atoms with Gasteiger partial charge in [0.1, 0.15) is 17.3 Å². The van der Waals surface area contributed by atoms with Gasteiger partial charge in [-0.05, 0) is 79.7 Å². The molecule has 2 atom stereocenters. The number of aromatic nitrogens is 2. The van der Waals surface area contributed by atoms with Crippen molar-refractivity contribution in [3.8, 4) is 5.75 Å². The predicted molar refractivity (Wildman–Crippen MR) is 137 cm³/mol. The van der Waals surface area contributed by atoms with Gasteiger partial charge < -0.3 is 4.74 Å². The minimum Gasteiger partial charge on any atom is -0.492 e. The zero-order valence-electron chi connectivity index (χ0n) is 19.9. The molecule has 0 spiro atoms. The lowest BCUT2D eigenvalue weighted by Gasteiger charge is -2.45. The van der Waals surface area contributed by atoms with Crippen molar-refractivity contribution in [2.24, 2.45) is 7.05 Å². The molecule has 1 N–H and O–H groups in total. The lowest BCUT2D eigenvalue weighted by Crippen LogP contribution is -2.49. The number of aryl methyl sites for hydroxylation is 2. The number of hydrogen-bond donors (Lipinski definition) is 1. The van der Waals surface area contributed by atoms with E-state index in [2.05, 4.69) is 39.0 Å². The van der Waals surface area contributed by atoms with Gasteiger partial charge in [-0.1, -0.05) is 29.8 Å². The second-order valence-electron chi connectivity index (χ2n) is 9.39. The Kier molecular flexibility index (Phi) is 7.16. The largest absolute Gasteiger partial charge is 0.492 e. The molecule has 3 aromatic rings. The van der Waals surface area contributed by atoms with Crippen LogP contribution < -0.4 is 9.46 Å². The first kappa shape index (κ1) is 24.3. The molecule has 7 nitrogen and oxygen atoms in total. The second kappa shape index (κ2) is 10.3. The Labute approximate surface area is 212 Å². The Morgan fingerprint density at radius 1 is 1.20 bits per heavy atom. The van der Waals surface area contributed by atoms with Crippen molar-refractivity contribution in [3.63, 3.8) is 0 Å². The smallest absolute Gasteiger partial charge is 0.243 e. The fourth-order valence-electron chi connectivity index (χ4n) is 5.19. The topological polar surface area (TPSA) is 76.5 Å². The number of fused-ring (bicyclic) bond motifs is 1. The van der Waals surface area contributed by atoms with Crippen LogP contribution in [0.2, 0.25) is 5.02 Å². The van der Waals surface area contributed by atoms with E-state index in [0.717, 1.165) is 30.0 Å². The standard InChI is InChI=1S/C26H31ClN4O3S/c1-30-18-23(17-28-30)35(32,33)29-10-13-34-22-8-6-20-7-9-26(31-11-3-12-31)25(24(20)16-22)15-19-4-2-5-21(27)14-19/h2,4-6,8,14,16-18,25-26,29H,3,7,9-13,15H2,1H3. The first-order valence-electron chi connectivity index (χ1n) is 12.1. The van der Waals surface area contributed by atoms with Crippen LogP contribution in [0.15, 0.2) is 59.8 Å². The number of benzene rings is 2. The van der Waals surface area contributed by atoms with E-state index in [0.29, 0.717) is 12.0 Å². The molecular formula is C26H31ClN4O3S. The van der Waals surface area contributed by atoms with Crippen molar-refractivity contribution in [1.29, 1.82) is 0 Å². The van der Waals surface area contributed by atoms with E-state index in [4.69, 9.17) is 16.3 Å². The summed E-state index contributed by atoms with van der Waals surface area (Å²) in [5.74, 6) is 1.13. The monoisotopic (exact) mass is 514 g/mol. The van der Waals surface area contributed by atoms with E-state index < -0.39 is 10.0 Å². The fourth-order valence-corrected chi connectivity index (χ4v) is 6.40. The molecule has 2 heterocycles. The number of likely N-dealkylation sites (tertiary alicyclic amines) is 1. The van der Waals surface area contributed by atoms with Crippen LogP contribution in [0, 0.1) is 0 Å². The number of hydrogen-bond acceptors (Lipinski definition) is 5. The van der Waals surface area contributed by atoms with Gasteiger partial charge in [0, 0.05) is 36.8 Å². The molecule has 2 unspecified atom stereocenters. The van der Waals surface area contributed by atoms with Crippen molar-refractivity contribution in [2.45, 2.75) is 42.5 Å². The number of nitrogens with zero attached hydrogens (tertiary/aromatic N) is 3. The first-order chi connectivity index (χ1) is 16.9. The summed E-state index contributed by atoms with van der Waals surface area (Å²) in [5.41, 5.74) is 3.96. The molecule has 2 aromatic carbocycles. The minimum atomic E-state index is -3.60. The number of rotatable bonds is 9. The number of sulfonamides is 1. The normalized spacial score (nSPS) is 20.3. The lowest BCUT2D eigenvalue weighted by molar-refractivity contribution is 0.0876. The molecule has 35 heavy (non-hydrogen) atoms. The molecule has 2 aliphatic rings. The summed E-state index contributed by atoms with van der Waals surface area (Å²) in [6.07, 6.45) is 7.24. The summed E-state index contributed by atoms with van der Waals surface area (Å²) in [5, 5.41) is 4.69. The molecule has 9 heteroatoms. The minimum absolute atomic E-state index is 0.148. The highest BCUT2D eigenvalue weighted by atomic mass is 35.5. The Morgan fingerprint density at radius 2 is 2.06 bits per heavy atom. The maximum atomic E-state index is 12.4. The second-order valence-corrected chi connectivity index (χ2v) is 11.6. The molecule has 1 fully saturated rings. The Hall–Kier alpha value is -2.39. The van der Waals surface area contributed by atoms with Crippen molar-refractivity contribution < 1.29 is 13.2 Å². The van der Waals surface area contributed by atoms with E-state index in [1.807, 2.05) is 18.2 Å². The van der Waals surface area contributed by atoms with Crippen molar-refractivity contribution in [3.05, 3.63) is 76.6 Å². The summed E-state index contributed by atoms with van der Waals surface area (Å²) >= 11 is 6.28. The number of ether oxygens (including phenoxy) is 1. The molecule has 5 rings (SSSR count). The highest BCUT2D eigenvalue weighted by molar-refractivity contribution is 7.89. The first-order valence-corrected chi connectivity index (χ1v) is 14.0. The third-order valence-electron chi connectivity index (χ3n) is 7.05. The average molecular weight is 515 g/mol. The molecule has 1 saturated heterocycles. The van der Waals surface area contributed by atoms with Gasteiger partial charge >= 0.3 is 0 Å². The van der Waals surface area contributed by atoms with Gasteiger partial charge in [-0.2, -0.15) is 5.10 Å². The van der Waals surface area contributed by atoms with E-state index in [-0.39, 0.29) is 18.0 Å². The Bertz CT molecular complexity index is 1290. The Balaban J connectivity index is 1.29. The predicted octanol–water partition coefficient (Wildman–Crippen LogP) is 3.78. The number of halogens is 1. The molecule has 186 valence electrons. The summed E-state index contributed by atoms with van der Waals surface area (Å²) in [4.78, 5) is 2.76. The van der Waals surface area contributed by atoms with E-state index in [1.165, 1.54) is 53.3 Å². The van der Waals surface area contributed by atoms with Crippen LogP contribution in [0.4, 0.5) is 0 Å². The average Bonchev–Trinajstić information content (AvgIpc) is 3.24. The molecule has 1 aromatic heterocycles. The van der Waals surface area contributed by atoms with Gasteiger partial charge in [0.25, 0.3) is 0 Å². The van der Waals surface area contributed by atoms with Crippen LogP contribution in [0.5, 0.6) is 5.75 Å². The molecule has 0 amide bonds. The van der Waals surface area contributed by atoms with E-state index in [9.17, 15) is 8.42 Å². The summed E-state index contributed by atoms with van der Waals surface area (Å²) in [7, 11) is -1.91. The lowest BCUT2D eigenvalue weighted by atomic mass is 9.75. The molecule has 0 saturated carbocycles. The maximum absolute atomic E-state index is 12.4. The summed E-state index contributed by atoms with van der Waals surface area (Å²) < 4.78 is 34.8. The fraction of sp³-hybridized carbons (Fsp3) is 0.423. The van der Waals surface area contributed by atoms with Crippen LogP contribution >= 0.6 is 11.6 Å². The highest BCUT2D eigenvalue weighted by Crippen LogP contribution is 2.40. The molecule has 0 radical (unpaired) electrons. The van der Waals surface area contributed by atoms with Gasteiger partial charge in [0.05, 0.1) is 6.20 Å². The summed E-state index contributed by atoms with van der Waals surface area (Å²) in [6, 6.07) is 15.0. The van der Waals surface area contributed by atoms with E-state index >= 15 is 0 Å². The molecular weight excluding hydrogens is 484 g/mol. The quantitative estimate of drug-likeness (QED) is 0.440. The Morgan fingerprint density at radius 3 is 2.77 bits per heavy atom. The molecule has 1 aliphatic heterocycles. The van der Waals surface area contributed by atoms with E-state index in [1.54, 1.807) is 7.05 Å². The van der Waals surface area contributed by atoms with Gasteiger partial charge in [-0.25, -0.2) is 13.1 Å². The van der Waals surface area contributed by atoms with Crippen molar-refractivity contribution >= 4 is 21.6 Å². The number of nitrogens with one attached hydrogen (secondary N) is 1. The van der Waals surface area contributed by atoms with Gasteiger partial charge in [-0.15, -0.1) is 0 Å². The third-order valence-corrected chi connectivity index (χ3v) is 8.70. The van der Waals surface area contributed by atoms with Crippen LogP contribution in [0.1, 0.15) is 35.4 Å². The molecule has 1 aliphatic carbocycles. The van der Waals surface area contributed by atoms with Crippen LogP contribution in [-0.2, 0) is 29.9 Å². The van der Waals surface area contributed by atoms with Crippen LogP contribution in [0.3, 0.4) is 0 Å². The SMILES string of the molecule is Cn1cc(S(=O)(=O)NCCOc2ccc3c(c2)C(Cc2cccc(Cl)c2)C(N2CCC2)CC3)cn1. The van der Waals surface area contributed by atoms with Crippen LogP contribution in [-0.4, -0.2) is 55.4 Å². The molecule has 0 bridgehead atoms. The van der Waals surface area contributed by atoms with Gasteiger partial charge in [0.15, 0.2) is 0 Å². The van der Waals surface area contributed by atoms with Crippen LogP contribution in [0.25, 0.3) is 0 Å². The van der Waals surface area contributed by atoms with Crippen molar-refractivity contribution in [1.82, 2.24) is 19.4 Å². The third kappa shape index (κ3) is 5.56. The zero-order chi connectivity index (χ0) is 24.4. The zero-order valence-corrected chi connectivity index (χ0v) is 21.4. The van der Waals surface area contributed by atoms with Crippen molar-refractivity contribution in [2.75, 3.05) is 26.2 Å². The summed E-state index contributed by atoms with van der Waals surface area (Å²) in [6.45, 7) is 2.75.